The molecule has 1 atom stereocenters. The van der Waals surface area contributed by atoms with Crippen LogP contribution in [0.1, 0.15) is 12.8 Å². The van der Waals surface area contributed by atoms with Crippen molar-refractivity contribution in [2.75, 3.05) is 31.1 Å². The average Bonchev–Trinajstić information content (AvgIpc) is 2.93. The highest BCUT2D eigenvalue weighted by atomic mass is 35.5. The van der Waals surface area contributed by atoms with Crippen LogP contribution in [-0.4, -0.2) is 55.0 Å². The quantitative estimate of drug-likeness (QED) is 0.772. The zero-order chi connectivity index (χ0) is 18.0. The van der Waals surface area contributed by atoms with Crippen molar-refractivity contribution < 1.29 is 14.4 Å². The molecule has 2 fully saturated rings. The molecule has 2 aliphatic heterocycles. The number of anilines is 1. The van der Waals surface area contributed by atoms with Crippen LogP contribution in [0.5, 0.6) is 0 Å². The number of nitrogens with one attached hydrogen (secondary N) is 2. The number of halogens is 2. The molecular formula is C16H18Cl2N4O3. The van der Waals surface area contributed by atoms with E-state index in [0.717, 1.165) is 5.69 Å². The minimum Gasteiger partial charge on any atom is -0.368 e. The number of benzene rings is 1. The van der Waals surface area contributed by atoms with E-state index in [1.165, 1.54) is 0 Å². The van der Waals surface area contributed by atoms with Gasteiger partial charge >= 0.3 is 6.03 Å². The molecule has 2 heterocycles. The van der Waals surface area contributed by atoms with Gasteiger partial charge in [0.05, 0.1) is 10.0 Å². The number of rotatable bonds is 4. The third kappa shape index (κ3) is 4.16. The van der Waals surface area contributed by atoms with E-state index in [1.54, 1.807) is 11.0 Å². The Hall–Kier alpha value is -1.99. The van der Waals surface area contributed by atoms with Gasteiger partial charge in [0.1, 0.15) is 6.04 Å². The Morgan fingerprint density at radius 3 is 2.44 bits per heavy atom. The largest absolute Gasteiger partial charge is 0.368 e. The van der Waals surface area contributed by atoms with E-state index >= 15 is 0 Å². The van der Waals surface area contributed by atoms with E-state index in [9.17, 15) is 14.4 Å². The highest BCUT2D eigenvalue weighted by molar-refractivity contribution is 6.42. The molecule has 0 bridgehead atoms. The highest BCUT2D eigenvalue weighted by Gasteiger charge is 2.30. The Bertz CT molecular complexity index is 705. The van der Waals surface area contributed by atoms with Gasteiger partial charge in [-0.1, -0.05) is 23.2 Å². The van der Waals surface area contributed by atoms with Crippen LogP contribution in [0.4, 0.5) is 10.5 Å². The first-order valence-electron chi connectivity index (χ1n) is 8.03. The molecule has 3 rings (SSSR count). The summed E-state index contributed by atoms with van der Waals surface area (Å²) in [5.41, 5.74) is 0.979. The molecule has 0 saturated carbocycles. The Kier molecular flexibility index (Phi) is 5.34. The number of amides is 4. The van der Waals surface area contributed by atoms with Crippen LogP contribution in [0.15, 0.2) is 18.2 Å². The van der Waals surface area contributed by atoms with Gasteiger partial charge in [0.15, 0.2) is 0 Å². The molecule has 4 amide bonds. The predicted molar refractivity (Wildman–Crippen MR) is 95.0 cm³/mol. The average molecular weight is 385 g/mol. The van der Waals surface area contributed by atoms with Gasteiger partial charge in [0.2, 0.25) is 5.91 Å². The van der Waals surface area contributed by atoms with Gasteiger partial charge in [-0.3, -0.25) is 14.9 Å². The molecule has 0 radical (unpaired) electrons. The number of imide groups is 1. The van der Waals surface area contributed by atoms with E-state index < -0.39 is 12.1 Å². The number of hydrogen-bond donors (Lipinski definition) is 2. The molecule has 2 saturated heterocycles. The van der Waals surface area contributed by atoms with E-state index in [-0.39, 0.29) is 18.2 Å². The SMILES string of the molecule is O=C1NC(=O)[C@@H](CCC(=O)N2CCN(c3ccc(Cl)c(Cl)c3)CC2)N1. The molecule has 1 aromatic rings. The number of urea groups is 1. The minimum absolute atomic E-state index is 0.0114. The summed E-state index contributed by atoms with van der Waals surface area (Å²) in [5, 5.41) is 5.69. The van der Waals surface area contributed by atoms with Crippen molar-refractivity contribution in [3.8, 4) is 0 Å². The van der Waals surface area contributed by atoms with Gasteiger partial charge in [-0.25, -0.2) is 4.79 Å². The van der Waals surface area contributed by atoms with Crippen LogP contribution in [0.25, 0.3) is 0 Å². The van der Waals surface area contributed by atoms with Crippen molar-refractivity contribution in [3.05, 3.63) is 28.2 Å². The van der Waals surface area contributed by atoms with Gasteiger partial charge in [0, 0.05) is 38.3 Å². The van der Waals surface area contributed by atoms with Crippen LogP contribution in [0.2, 0.25) is 10.0 Å². The molecule has 0 aliphatic carbocycles. The second-order valence-electron chi connectivity index (χ2n) is 6.02. The lowest BCUT2D eigenvalue weighted by molar-refractivity contribution is -0.131. The summed E-state index contributed by atoms with van der Waals surface area (Å²) < 4.78 is 0. The minimum atomic E-state index is -0.617. The molecule has 134 valence electrons. The van der Waals surface area contributed by atoms with Gasteiger partial charge in [-0.2, -0.15) is 0 Å². The standard InChI is InChI=1S/C16H18Cl2N4O3/c17-11-2-1-10(9-12(11)18)21-5-7-22(8-6-21)14(23)4-3-13-15(24)20-16(25)19-13/h1-2,9,13H,3-8H2,(H2,19,20,24,25)/t13-/m1/s1. The van der Waals surface area contributed by atoms with Crippen molar-refractivity contribution in [1.82, 2.24) is 15.5 Å². The molecule has 0 unspecified atom stereocenters. The number of nitrogens with zero attached hydrogens (tertiary/aromatic N) is 2. The van der Waals surface area contributed by atoms with E-state index in [1.807, 2.05) is 12.1 Å². The Labute approximate surface area is 155 Å². The Morgan fingerprint density at radius 2 is 1.84 bits per heavy atom. The fourth-order valence-corrected chi connectivity index (χ4v) is 3.28. The summed E-state index contributed by atoms with van der Waals surface area (Å²) in [6, 6.07) is 4.37. The first-order chi connectivity index (χ1) is 11.9. The van der Waals surface area contributed by atoms with Crippen molar-refractivity contribution in [2.45, 2.75) is 18.9 Å². The maximum Gasteiger partial charge on any atom is 0.322 e. The predicted octanol–water partition coefficient (Wildman–Crippen LogP) is 1.63. The molecule has 25 heavy (non-hydrogen) atoms. The number of carbonyl (C=O) groups excluding carboxylic acids is 3. The zero-order valence-corrected chi connectivity index (χ0v) is 14.9. The first kappa shape index (κ1) is 17.8. The van der Waals surface area contributed by atoms with Crippen molar-refractivity contribution >= 4 is 46.7 Å². The normalized spacial score (nSPS) is 20.5. The molecular weight excluding hydrogens is 367 g/mol. The van der Waals surface area contributed by atoms with Crippen LogP contribution >= 0.6 is 23.2 Å². The van der Waals surface area contributed by atoms with Crippen molar-refractivity contribution in [3.63, 3.8) is 0 Å². The van der Waals surface area contributed by atoms with E-state index in [4.69, 9.17) is 23.2 Å². The molecule has 0 aromatic heterocycles. The monoisotopic (exact) mass is 384 g/mol. The second-order valence-corrected chi connectivity index (χ2v) is 6.83. The summed E-state index contributed by atoms with van der Waals surface area (Å²) in [7, 11) is 0. The van der Waals surface area contributed by atoms with Gasteiger partial charge in [-0.05, 0) is 24.6 Å². The van der Waals surface area contributed by atoms with E-state index in [0.29, 0.717) is 42.6 Å². The molecule has 9 heteroatoms. The zero-order valence-electron chi connectivity index (χ0n) is 13.4. The first-order valence-corrected chi connectivity index (χ1v) is 8.79. The topological polar surface area (TPSA) is 81.8 Å². The molecule has 2 N–H and O–H groups in total. The third-order valence-corrected chi connectivity index (χ3v) is 5.15. The summed E-state index contributed by atoms with van der Waals surface area (Å²) in [4.78, 5) is 38.8. The van der Waals surface area contributed by atoms with Crippen molar-refractivity contribution in [2.24, 2.45) is 0 Å². The van der Waals surface area contributed by atoms with Gasteiger partial charge < -0.3 is 15.1 Å². The summed E-state index contributed by atoms with van der Waals surface area (Å²) in [6.07, 6.45) is 0.536. The van der Waals surface area contributed by atoms with Gasteiger partial charge in [-0.15, -0.1) is 0 Å². The third-order valence-electron chi connectivity index (χ3n) is 4.41. The molecule has 2 aliphatic rings. The van der Waals surface area contributed by atoms with Crippen LogP contribution in [0.3, 0.4) is 0 Å². The fourth-order valence-electron chi connectivity index (χ4n) is 2.98. The van der Waals surface area contributed by atoms with Gasteiger partial charge in [0.25, 0.3) is 5.91 Å². The Morgan fingerprint density at radius 1 is 1.12 bits per heavy atom. The lowest BCUT2D eigenvalue weighted by atomic mass is 10.1. The fraction of sp³-hybridized carbons (Fsp3) is 0.438. The van der Waals surface area contributed by atoms with E-state index in [2.05, 4.69) is 15.5 Å². The summed E-state index contributed by atoms with van der Waals surface area (Å²) in [5.74, 6) is -0.384. The lowest BCUT2D eigenvalue weighted by Crippen LogP contribution is -2.49. The lowest BCUT2D eigenvalue weighted by Gasteiger charge is -2.36. The van der Waals surface area contributed by atoms with Crippen LogP contribution in [-0.2, 0) is 9.59 Å². The molecule has 1 aromatic carbocycles. The number of carbonyl (C=O) groups is 3. The smallest absolute Gasteiger partial charge is 0.322 e. The van der Waals surface area contributed by atoms with Crippen LogP contribution < -0.4 is 15.5 Å². The number of hydrogen-bond acceptors (Lipinski definition) is 4. The Balaban J connectivity index is 1.48. The summed E-state index contributed by atoms with van der Waals surface area (Å²) >= 11 is 12.0. The highest BCUT2D eigenvalue weighted by Crippen LogP contribution is 2.27. The van der Waals surface area contributed by atoms with Crippen LogP contribution in [0, 0.1) is 0 Å². The second kappa shape index (κ2) is 7.49. The maximum atomic E-state index is 12.3. The maximum absolute atomic E-state index is 12.3. The number of piperazine rings is 1. The summed E-state index contributed by atoms with van der Waals surface area (Å²) in [6.45, 7) is 2.60. The molecule has 7 nitrogen and oxygen atoms in total. The van der Waals surface area contributed by atoms with Crippen molar-refractivity contribution in [1.29, 1.82) is 0 Å². The molecule has 0 spiro atoms.